The Morgan fingerprint density at radius 2 is 1.12 bits per heavy atom. The van der Waals surface area contributed by atoms with Crippen LogP contribution in [0.25, 0.3) is 0 Å². The van der Waals surface area contributed by atoms with Gasteiger partial charge < -0.3 is 10.2 Å². The Kier molecular flexibility index (Phi) is 10.8. The van der Waals surface area contributed by atoms with Gasteiger partial charge in [-0.25, -0.2) is 10.9 Å². The van der Waals surface area contributed by atoms with E-state index in [1.165, 1.54) is 12.4 Å². The number of carbonyl (C=O) groups is 2. The van der Waals surface area contributed by atoms with Crippen LogP contribution in [0, 0.1) is 0 Å². The minimum absolute atomic E-state index is 0.0163. The molecule has 0 aliphatic rings. The van der Waals surface area contributed by atoms with Crippen molar-refractivity contribution in [1.82, 2.24) is 10.9 Å². The van der Waals surface area contributed by atoms with Crippen LogP contribution in [0.2, 0.25) is 0 Å². The first kappa shape index (κ1) is 26.5. The molecule has 0 saturated heterocycles. The zero-order valence-electron chi connectivity index (χ0n) is 16.4. The Morgan fingerprint density at radius 3 is 1.50 bits per heavy atom. The van der Waals surface area contributed by atoms with Gasteiger partial charge in [0.2, 0.25) is 11.8 Å². The molecule has 2 aromatic rings. The van der Waals surface area contributed by atoms with E-state index in [9.17, 15) is 19.8 Å². The van der Waals surface area contributed by atoms with Crippen molar-refractivity contribution in [3.63, 3.8) is 0 Å². The van der Waals surface area contributed by atoms with E-state index in [2.05, 4.69) is 84.8 Å². The number of hydrogen-bond donors (Lipinski definition) is 4. The third-order valence-electron chi connectivity index (χ3n) is 3.96. The maximum atomic E-state index is 11.9. The van der Waals surface area contributed by atoms with Gasteiger partial charge in [0.15, 0.2) is 0 Å². The van der Waals surface area contributed by atoms with E-state index >= 15 is 0 Å². The van der Waals surface area contributed by atoms with Crippen LogP contribution in [0.15, 0.2) is 52.4 Å². The Labute approximate surface area is 218 Å². The first-order valence-electron chi connectivity index (χ1n) is 9.17. The zero-order valence-corrected chi connectivity index (χ0v) is 22.8. The highest BCUT2D eigenvalue weighted by molar-refractivity contribution is 9.11. The molecule has 4 N–H and O–H groups in total. The molecule has 12 heteroatoms. The van der Waals surface area contributed by atoms with Crippen LogP contribution in [0.1, 0.15) is 36.8 Å². The molecule has 0 aliphatic heterocycles. The van der Waals surface area contributed by atoms with Crippen molar-refractivity contribution in [2.24, 2.45) is 10.2 Å². The maximum absolute atomic E-state index is 11.9. The topological polar surface area (TPSA) is 123 Å². The van der Waals surface area contributed by atoms with Crippen LogP contribution in [0.4, 0.5) is 0 Å². The lowest BCUT2D eigenvalue weighted by Crippen LogP contribution is -2.19. The summed E-state index contributed by atoms with van der Waals surface area (Å²) in [6, 6.07) is 6.70. The van der Waals surface area contributed by atoms with E-state index in [4.69, 9.17) is 0 Å². The number of aromatic hydroxyl groups is 2. The van der Waals surface area contributed by atoms with E-state index in [1.807, 2.05) is 0 Å². The summed E-state index contributed by atoms with van der Waals surface area (Å²) in [5.74, 6) is -0.571. The molecule has 0 radical (unpaired) electrons. The van der Waals surface area contributed by atoms with Crippen molar-refractivity contribution >= 4 is 88.0 Å². The lowest BCUT2D eigenvalue weighted by atomic mass is 10.2. The summed E-state index contributed by atoms with van der Waals surface area (Å²) in [4.78, 5) is 23.7. The van der Waals surface area contributed by atoms with Crippen LogP contribution >= 0.6 is 63.7 Å². The molecule has 2 aromatic carbocycles. The van der Waals surface area contributed by atoms with E-state index in [1.54, 1.807) is 24.3 Å². The lowest BCUT2D eigenvalue weighted by molar-refractivity contribution is -0.123. The number of carbonyl (C=O) groups excluding carboxylic acids is 2. The van der Waals surface area contributed by atoms with Crippen molar-refractivity contribution in [3.8, 4) is 11.5 Å². The minimum atomic E-state index is -0.302. The summed E-state index contributed by atoms with van der Waals surface area (Å²) in [7, 11) is 0. The first-order valence-corrected chi connectivity index (χ1v) is 12.3. The van der Waals surface area contributed by atoms with Crippen LogP contribution in [0.5, 0.6) is 11.5 Å². The van der Waals surface area contributed by atoms with Gasteiger partial charge in [0.1, 0.15) is 11.5 Å². The molecular weight excluding hydrogens is 680 g/mol. The molecule has 0 aromatic heterocycles. The Hall–Kier alpha value is -1.76. The molecule has 0 aliphatic carbocycles. The lowest BCUT2D eigenvalue weighted by Gasteiger charge is -2.04. The molecule has 0 fully saturated rings. The summed E-state index contributed by atoms with van der Waals surface area (Å²) in [5, 5.41) is 27.6. The molecule has 32 heavy (non-hydrogen) atoms. The molecule has 0 saturated carbocycles. The molecule has 2 amide bonds. The highest BCUT2D eigenvalue weighted by Gasteiger charge is 2.07. The van der Waals surface area contributed by atoms with Gasteiger partial charge in [-0.1, -0.05) is 31.9 Å². The molecule has 170 valence electrons. The number of amides is 2. The number of nitrogens with one attached hydrogen (secondary N) is 2. The molecule has 0 spiro atoms. The van der Waals surface area contributed by atoms with Gasteiger partial charge in [-0.05, 0) is 69.0 Å². The monoisotopic (exact) mass is 694 g/mol. The molecule has 2 rings (SSSR count). The maximum Gasteiger partial charge on any atom is 0.240 e. The van der Waals surface area contributed by atoms with Crippen molar-refractivity contribution in [3.05, 3.63) is 53.3 Å². The van der Waals surface area contributed by atoms with Gasteiger partial charge in [0.25, 0.3) is 0 Å². The summed E-state index contributed by atoms with van der Waals surface area (Å²) in [6.45, 7) is 0. The van der Waals surface area contributed by atoms with Gasteiger partial charge in [-0.2, -0.15) is 10.2 Å². The Balaban J connectivity index is 1.69. The molecule has 0 heterocycles. The normalized spacial score (nSPS) is 11.2. The standard InChI is InChI=1S/C20H18Br4N4O4/c21-13-5-11(19(31)15(23)7-13)9-25-27-17(29)3-1-2-4-18(30)28-26-10-12-6-14(22)8-16(24)20(12)32/h5-10,31-32H,1-4H2,(H,27,29)(H,28,30). The predicted molar refractivity (Wildman–Crippen MR) is 137 cm³/mol. The summed E-state index contributed by atoms with van der Waals surface area (Å²) in [5.41, 5.74) is 5.65. The molecular formula is C20H18Br4N4O4. The van der Waals surface area contributed by atoms with Gasteiger partial charge in [0.05, 0.1) is 21.4 Å². The molecule has 0 unspecified atom stereocenters. The Bertz CT molecular complexity index is 977. The molecule has 0 bridgehead atoms. The SMILES string of the molecule is O=C(CCCCC(=O)NN=Cc1cc(Br)cc(Br)c1O)NN=Cc1cc(Br)cc(Br)c1O. The second kappa shape index (κ2) is 13.1. The van der Waals surface area contributed by atoms with Gasteiger partial charge >= 0.3 is 0 Å². The van der Waals surface area contributed by atoms with E-state index in [0.717, 1.165) is 8.95 Å². The number of phenolic OH excluding ortho intramolecular Hbond substituents is 2. The largest absolute Gasteiger partial charge is 0.506 e. The second-order valence-electron chi connectivity index (χ2n) is 6.44. The van der Waals surface area contributed by atoms with Gasteiger partial charge in [0, 0.05) is 32.9 Å². The number of phenols is 2. The van der Waals surface area contributed by atoms with Crippen molar-refractivity contribution in [2.75, 3.05) is 0 Å². The number of hydrogen-bond acceptors (Lipinski definition) is 6. The number of hydrazone groups is 2. The second-order valence-corrected chi connectivity index (χ2v) is 9.98. The number of halogens is 4. The molecule has 0 atom stereocenters. The van der Waals surface area contributed by atoms with Crippen LogP contribution in [-0.4, -0.2) is 34.5 Å². The summed E-state index contributed by atoms with van der Waals surface area (Å²) >= 11 is 13.1. The minimum Gasteiger partial charge on any atom is -0.506 e. The number of benzene rings is 2. The fraction of sp³-hybridized carbons (Fsp3) is 0.200. The van der Waals surface area contributed by atoms with Crippen molar-refractivity contribution in [1.29, 1.82) is 0 Å². The number of nitrogens with zero attached hydrogens (tertiary/aromatic N) is 2. The highest BCUT2D eigenvalue weighted by atomic mass is 79.9. The smallest absolute Gasteiger partial charge is 0.240 e. The fourth-order valence-electron chi connectivity index (χ4n) is 2.40. The predicted octanol–water partition coefficient (Wildman–Crippen LogP) is 5.31. The summed E-state index contributed by atoms with van der Waals surface area (Å²) in [6.07, 6.45) is 4.06. The Morgan fingerprint density at radius 1 is 0.750 bits per heavy atom. The van der Waals surface area contributed by atoms with Gasteiger partial charge in [-0.3, -0.25) is 9.59 Å². The summed E-state index contributed by atoms with van der Waals surface area (Å²) < 4.78 is 2.50. The average Bonchev–Trinajstić information content (AvgIpc) is 2.72. The fourth-order valence-corrected chi connectivity index (χ4v) is 4.92. The van der Waals surface area contributed by atoms with E-state index < -0.39 is 0 Å². The average molecular weight is 698 g/mol. The van der Waals surface area contributed by atoms with Crippen LogP contribution < -0.4 is 10.9 Å². The number of unbranched alkanes of at least 4 members (excludes halogenated alkanes) is 1. The van der Waals surface area contributed by atoms with Crippen molar-refractivity contribution < 1.29 is 19.8 Å². The van der Waals surface area contributed by atoms with E-state index in [0.29, 0.717) is 32.9 Å². The van der Waals surface area contributed by atoms with E-state index in [-0.39, 0.29) is 36.2 Å². The zero-order chi connectivity index (χ0) is 23.7. The molecule has 8 nitrogen and oxygen atoms in total. The van der Waals surface area contributed by atoms with Gasteiger partial charge in [-0.15, -0.1) is 0 Å². The van der Waals surface area contributed by atoms with Crippen molar-refractivity contribution in [2.45, 2.75) is 25.7 Å². The number of rotatable bonds is 9. The quantitative estimate of drug-likeness (QED) is 0.161. The highest BCUT2D eigenvalue weighted by Crippen LogP contribution is 2.31. The van der Waals surface area contributed by atoms with Crippen LogP contribution in [-0.2, 0) is 9.59 Å². The first-order chi connectivity index (χ1) is 15.2. The van der Waals surface area contributed by atoms with Crippen LogP contribution in [0.3, 0.4) is 0 Å². The third kappa shape index (κ3) is 8.64. The third-order valence-corrected chi connectivity index (χ3v) is 6.08.